The molecule has 0 bridgehead atoms. The van der Waals surface area contributed by atoms with Gasteiger partial charge in [0.15, 0.2) is 0 Å². The van der Waals surface area contributed by atoms with Gasteiger partial charge in [0.1, 0.15) is 0 Å². The Labute approximate surface area is 87.3 Å². The molecule has 0 aromatic rings. The third-order valence-electron chi connectivity index (χ3n) is 0.901. The van der Waals surface area contributed by atoms with Crippen LogP contribution >= 0.6 is 0 Å². The Morgan fingerprint density at radius 1 is 0.769 bits per heavy atom. The summed E-state index contributed by atoms with van der Waals surface area (Å²) >= 11 is 0. The maximum Gasteiger partial charge on any atom is 0.229 e. The van der Waals surface area contributed by atoms with Gasteiger partial charge in [0.25, 0.3) is 0 Å². The van der Waals surface area contributed by atoms with Gasteiger partial charge < -0.3 is 8.85 Å². The maximum atomic E-state index is 5.60. The van der Waals surface area contributed by atoms with Crippen molar-refractivity contribution in [2.75, 3.05) is 0 Å². The molecule has 0 aromatic carbocycles. The van der Waals surface area contributed by atoms with Crippen molar-refractivity contribution in [3.05, 3.63) is 0 Å². The summed E-state index contributed by atoms with van der Waals surface area (Å²) < 4.78 is 11.2. The van der Waals surface area contributed by atoms with Gasteiger partial charge in [-0.1, -0.05) is 0 Å². The molecule has 0 N–H and O–H groups in total. The minimum Gasteiger partial charge on any atom is -0.413 e. The van der Waals surface area contributed by atoms with Gasteiger partial charge in [-0.15, -0.1) is 0 Å². The Balaban J connectivity index is 3.28. The molecule has 4 heteroatoms. The van der Waals surface area contributed by atoms with Crippen LogP contribution in [0.15, 0.2) is 0 Å². The summed E-state index contributed by atoms with van der Waals surface area (Å²) in [6.45, 7) is 12.5. The summed E-state index contributed by atoms with van der Waals surface area (Å²) in [6.07, 6.45) is 0. The van der Waals surface area contributed by atoms with E-state index < -0.39 is 0 Å². The van der Waals surface area contributed by atoms with Crippen molar-refractivity contribution in [1.29, 1.82) is 0 Å². The SMILES string of the molecule is CC(C)(C)O[Si]C[Si]OC(C)(C)C. The molecule has 0 saturated heterocycles. The van der Waals surface area contributed by atoms with Crippen molar-refractivity contribution in [3.8, 4) is 0 Å². The zero-order chi connectivity index (χ0) is 10.5. The zero-order valence-electron chi connectivity index (χ0n) is 9.52. The van der Waals surface area contributed by atoms with E-state index in [0.29, 0.717) is 19.5 Å². The van der Waals surface area contributed by atoms with E-state index in [1.54, 1.807) is 0 Å². The molecule has 0 fully saturated rings. The summed E-state index contributed by atoms with van der Waals surface area (Å²) in [5.41, 5.74) is 1.00. The van der Waals surface area contributed by atoms with Crippen molar-refractivity contribution >= 4 is 19.5 Å². The second-order valence-corrected chi connectivity index (χ2v) is 7.29. The minimum absolute atomic E-state index is 0.00927. The lowest BCUT2D eigenvalue weighted by atomic mass is 10.2. The average Bonchev–Trinajstić information content (AvgIpc) is 1.81. The van der Waals surface area contributed by atoms with Crippen molar-refractivity contribution in [1.82, 2.24) is 0 Å². The Morgan fingerprint density at radius 3 is 1.31 bits per heavy atom. The van der Waals surface area contributed by atoms with Crippen LogP contribution in [0.3, 0.4) is 0 Å². The fourth-order valence-corrected chi connectivity index (χ4v) is 2.21. The van der Waals surface area contributed by atoms with Gasteiger partial charge in [-0.3, -0.25) is 0 Å². The quantitative estimate of drug-likeness (QED) is 0.530. The smallest absolute Gasteiger partial charge is 0.229 e. The first-order chi connectivity index (χ1) is 5.71. The second kappa shape index (κ2) is 5.29. The minimum atomic E-state index is -0.00927. The molecule has 0 amide bonds. The summed E-state index contributed by atoms with van der Waals surface area (Å²) in [5.74, 6) is 0. The van der Waals surface area contributed by atoms with Crippen LogP contribution in [0.1, 0.15) is 41.5 Å². The standard InChI is InChI=1S/C9H20O2Si2/c1-8(2,3)10-12-7-13-11-9(4,5)6/h7H2,1-6H3. The summed E-state index contributed by atoms with van der Waals surface area (Å²) in [5, 5.41) is 0. The maximum absolute atomic E-state index is 5.60. The molecule has 0 aliphatic carbocycles. The Kier molecular flexibility index (Phi) is 5.43. The van der Waals surface area contributed by atoms with Crippen LogP contribution < -0.4 is 0 Å². The molecular weight excluding hydrogens is 196 g/mol. The lowest BCUT2D eigenvalue weighted by Gasteiger charge is -2.21. The number of hydrogen-bond acceptors (Lipinski definition) is 2. The summed E-state index contributed by atoms with van der Waals surface area (Å²) in [6, 6.07) is 0. The van der Waals surface area contributed by atoms with E-state index in [9.17, 15) is 0 Å². The molecule has 0 spiro atoms. The van der Waals surface area contributed by atoms with E-state index in [-0.39, 0.29) is 11.2 Å². The van der Waals surface area contributed by atoms with E-state index in [1.165, 1.54) is 0 Å². The third kappa shape index (κ3) is 12.4. The fraction of sp³-hybridized carbons (Fsp3) is 1.00. The number of hydrogen-bond donors (Lipinski definition) is 0. The molecule has 0 unspecified atom stereocenters. The summed E-state index contributed by atoms with van der Waals surface area (Å²) in [7, 11) is 1.11. The molecule has 0 saturated carbocycles. The molecule has 76 valence electrons. The first kappa shape index (κ1) is 13.4. The Bertz CT molecular complexity index is 120. The molecule has 0 rings (SSSR count). The van der Waals surface area contributed by atoms with Gasteiger partial charge in [0.2, 0.25) is 19.5 Å². The summed E-state index contributed by atoms with van der Waals surface area (Å²) in [4.78, 5) is 0. The normalized spacial score (nSPS) is 13.4. The third-order valence-corrected chi connectivity index (χ3v) is 3.57. The first-order valence-corrected chi connectivity index (χ1v) is 6.75. The van der Waals surface area contributed by atoms with Crippen LogP contribution in [0.4, 0.5) is 0 Å². The van der Waals surface area contributed by atoms with Gasteiger partial charge in [-0.25, -0.2) is 0 Å². The van der Waals surface area contributed by atoms with Crippen molar-refractivity contribution < 1.29 is 8.85 Å². The highest BCUT2D eigenvalue weighted by atomic mass is 28.3. The van der Waals surface area contributed by atoms with Gasteiger partial charge in [0, 0.05) is 11.2 Å². The second-order valence-electron chi connectivity index (χ2n) is 4.89. The van der Waals surface area contributed by atoms with Gasteiger partial charge in [0.05, 0.1) is 0 Å². The first-order valence-electron chi connectivity index (χ1n) is 4.52. The molecule has 0 atom stereocenters. The topological polar surface area (TPSA) is 18.5 Å². The van der Waals surface area contributed by atoms with Crippen molar-refractivity contribution in [2.45, 2.75) is 58.4 Å². The molecule has 13 heavy (non-hydrogen) atoms. The molecule has 2 nitrogen and oxygen atoms in total. The van der Waals surface area contributed by atoms with E-state index in [4.69, 9.17) is 8.85 Å². The molecule has 4 radical (unpaired) electrons. The molecular formula is C9H20O2Si2. The van der Waals surface area contributed by atoms with Crippen LogP contribution in [-0.2, 0) is 8.85 Å². The van der Waals surface area contributed by atoms with Gasteiger partial charge in [-0.2, -0.15) is 0 Å². The van der Waals surface area contributed by atoms with Gasteiger partial charge in [-0.05, 0) is 47.2 Å². The highest BCUT2D eigenvalue weighted by molar-refractivity contribution is 6.48. The van der Waals surface area contributed by atoms with E-state index >= 15 is 0 Å². The molecule has 0 aromatic heterocycles. The lowest BCUT2D eigenvalue weighted by molar-refractivity contribution is 0.132. The highest BCUT2D eigenvalue weighted by Gasteiger charge is 2.13. The van der Waals surface area contributed by atoms with Gasteiger partial charge >= 0.3 is 0 Å². The molecule has 0 aliphatic rings. The predicted molar refractivity (Wildman–Crippen MR) is 58.0 cm³/mol. The van der Waals surface area contributed by atoms with Crippen molar-refractivity contribution in [2.24, 2.45) is 0 Å². The highest BCUT2D eigenvalue weighted by Crippen LogP contribution is 2.08. The van der Waals surface area contributed by atoms with Crippen LogP contribution in [0.2, 0.25) is 5.67 Å². The Hall–Kier alpha value is 0.354. The van der Waals surface area contributed by atoms with Crippen molar-refractivity contribution in [3.63, 3.8) is 0 Å². The van der Waals surface area contributed by atoms with E-state index in [2.05, 4.69) is 41.5 Å². The number of rotatable bonds is 4. The fourth-order valence-electron chi connectivity index (χ4n) is 0.535. The molecule has 0 aliphatic heterocycles. The average molecular weight is 216 g/mol. The van der Waals surface area contributed by atoms with E-state index in [0.717, 1.165) is 5.67 Å². The van der Waals surface area contributed by atoms with Crippen LogP contribution in [-0.4, -0.2) is 30.7 Å². The monoisotopic (exact) mass is 216 g/mol. The zero-order valence-corrected chi connectivity index (χ0v) is 11.5. The van der Waals surface area contributed by atoms with Crippen LogP contribution in [0.5, 0.6) is 0 Å². The van der Waals surface area contributed by atoms with E-state index in [1.807, 2.05) is 0 Å². The predicted octanol–water partition coefficient (Wildman–Crippen LogP) is 2.23. The Morgan fingerprint density at radius 2 is 1.08 bits per heavy atom. The van der Waals surface area contributed by atoms with Crippen LogP contribution in [0.25, 0.3) is 0 Å². The molecule has 0 heterocycles. The lowest BCUT2D eigenvalue weighted by Crippen LogP contribution is -2.25. The van der Waals surface area contributed by atoms with Crippen LogP contribution in [0, 0.1) is 0 Å². The largest absolute Gasteiger partial charge is 0.413 e.